The van der Waals surface area contributed by atoms with E-state index in [1.807, 2.05) is 0 Å². The van der Waals surface area contributed by atoms with Crippen LogP contribution in [0.2, 0.25) is 0 Å². The Hall–Kier alpha value is -2.30. The van der Waals surface area contributed by atoms with Crippen molar-refractivity contribution in [1.29, 1.82) is 0 Å². The van der Waals surface area contributed by atoms with Gasteiger partial charge in [0.2, 0.25) is 0 Å². The van der Waals surface area contributed by atoms with E-state index in [0.29, 0.717) is 22.4 Å². The van der Waals surface area contributed by atoms with Gasteiger partial charge in [0, 0.05) is 17.5 Å². The quantitative estimate of drug-likeness (QED) is 0.884. The summed E-state index contributed by atoms with van der Waals surface area (Å²) in [5, 5.41) is 9.06. The fraction of sp³-hybridized carbons (Fsp3) is 0.154. The molecule has 0 aliphatic carbocycles. The molecule has 1 N–H and O–H groups in total. The lowest BCUT2D eigenvalue weighted by Crippen LogP contribution is -2.06. The number of rotatable bonds is 2. The highest BCUT2D eigenvalue weighted by Gasteiger charge is 2.15. The molecule has 0 radical (unpaired) electrons. The van der Waals surface area contributed by atoms with Gasteiger partial charge in [0.25, 0.3) is 0 Å². The Morgan fingerprint density at radius 2 is 2.00 bits per heavy atom. The van der Waals surface area contributed by atoms with Crippen LogP contribution < -0.4 is 0 Å². The molecule has 0 saturated heterocycles. The number of hydrogen-bond acceptors (Lipinski definition) is 3. The van der Waals surface area contributed by atoms with Crippen molar-refractivity contribution in [3.63, 3.8) is 0 Å². The monoisotopic (exact) mass is 246 g/mol. The molecule has 0 aromatic carbocycles. The van der Waals surface area contributed by atoms with Crippen molar-refractivity contribution in [1.82, 2.24) is 9.97 Å². The molecular formula is C13H11FN2O2. The van der Waals surface area contributed by atoms with Gasteiger partial charge in [-0.3, -0.25) is 4.98 Å². The normalized spacial score (nSPS) is 10.4. The zero-order valence-corrected chi connectivity index (χ0v) is 9.94. The predicted molar refractivity (Wildman–Crippen MR) is 63.9 cm³/mol. The van der Waals surface area contributed by atoms with Crippen LogP contribution in [0.1, 0.15) is 21.7 Å². The minimum Gasteiger partial charge on any atom is -0.477 e. The Balaban J connectivity index is 2.68. The van der Waals surface area contributed by atoms with E-state index in [-0.39, 0.29) is 5.69 Å². The third-order valence-corrected chi connectivity index (χ3v) is 2.62. The van der Waals surface area contributed by atoms with Crippen molar-refractivity contribution in [2.24, 2.45) is 0 Å². The van der Waals surface area contributed by atoms with E-state index in [1.165, 1.54) is 12.3 Å². The Bertz CT molecular complexity index is 626. The van der Waals surface area contributed by atoms with Crippen molar-refractivity contribution >= 4 is 5.97 Å². The maximum absolute atomic E-state index is 13.1. The molecular weight excluding hydrogens is 235 g/mol. The van der Waals surface area contributed by atoms with Crippen molar-refractivity contribution in [2.75, 3.05) is 0 Å². The third-order valence-electron chi connectivity index (χ3n) is 2.62. The van der Waals surface area contributed by atoms with Crippen molar-refractivity contribution in [3.8, 4) is 11.1 Å². The van der Waals surface area contributed by atoms with E-state index in [0.717, 1.165) is 6.20 Å². The fourth-order valence-corrected chi connectivity index (χ4v) is 1.80. The number of aryl methyl sites for hydroxylation is 1. The van der Waals surface area contributed by atoms with E-state index >= 15 is 0 Å². The average molecular weight is 246 g/mol. The summed E-state index contributed by atoms with van der Waals surface area (Å²) in [4.78, 5) is 18.8. The maximum Gasteiger partial charge on any atom is 0.354 e. The molecule has 0 atom stereocenters. The van der Waals surface area contributed by atoms with Crippen molar-refractivity contribution in [3.05, 3.63) is 47.3 Å². The number of halogens is 1. The Kier molecular flexibility index (Phi) is 3.06. The number of carboxylic acid groups (broad SMARTS) is 1. The van der Waals surface area contributed by atoms with Gasteiger partial charge in [-0.25, -0.2) is 14.2 Å². The maximum atomic E-state index is 13.1. The van der Waals surface area contributed by atoms with Crippen LogP contribution in [0.5, 0.6) is 0 Å². The van der Waals surface area contributed by atoms with Gasteiger partial charge in [-0.05, 0) is 37.1 Å². The van der Waals surface area contributed by atoms with Crippen LogP contribution in [0.15, 0.2) is 24.5 Å². The van der Waals surface area contributed by atoms with Crippen LogP contribution in [0.3, 0.4) is 0 Å². The average Bonchev–Trinajstić information content (AvgIpc) is 2.31. The summed E-state index contributed by atoms with van der Waals surface area (Å²) in [6.07, 6.45) is 2.60. The van der Waals surface area contributed by atoms with Gasteiger partial charge in [0.15, 0.2) is 5.69 Å². The molecule has 0 bridgehead atoms. The van der Waals surface area contributed by atoms with E-state index in [1.54, 1.807) is 19.9 Å². The van der Waals surface area contributed by atoms with E-state index in [2.05, 4.69) is 9.97 Å². The van der Waals surface area contributed by atoms with E-state index in [4.69, 9.17) is 5.11 Å². The first kappa shape index (κ1) is 12.2. The van der Waals surface area contributed by atoms with Gasteiger partial charge >= 0.3 is 5.97 Å². The summed E-state index contributed by atoms with van der Waals surface area (Å²) in [5.41, 5.74) is 2.22. The molecule has 0 unspecified atom stereocenters. The number of pyridine rings is 2. The lowest BCUT2D eigenvalue weighted by Gasteiger charge is -2.09. The first-order valence-corrected chi connectivity index (χ1v) is 5.31. The van der Waals surface area contributed by atoms with E-state index < -0.39 is 11.8 Å². The van der Waals surface area contributed by atoms with Gasteiger partial charge in [-0.1, -0.05) is 0 Å². The summed E-state index contributed by atoms with van der Waals surface area (Å²) >= 11 is 0. The minimum absolute atomic E-state index is 0.0192. The predicted octanol–water partition coefficient (Wildman–Crippen LogP) is 2.60. The van der Waals surface area contributed by atoms with Gasteiger partial charge in [0.05, 0.1) is 6.20 Å². The SMILES string of the molecule is Cc1cc(-c2cncc(F)c2)c(C)c(C(=O)O)n1. The second-order valence-electron chi connectivity index (χ2n) is 3.98. The molecule has 92 valence electrons. The molecule has 0 spiro atoms. The van der Waals surface area contributed by atoms with Crippen LogP contribution in [0.25, 0.3) is 11.1 Å². The number of hydrogen-bond donors (Lipinski definition) is 1. The highest BCUT2D eigenvalue weighted by molar-refractivity contribution is 5.89. The summed E-state index contributed by atoms with van der Waals surface area (Å²) in [5.74, 6) is -1.56. The largest absolute Gasteiger partial charge is 0.477 e. The van der Waals surface area contributed by atoms with Gasteiger partial charge in [-0.15, -0.1) is 0 Å². The summed E-state index contributed by atoms with van der Waals surface area (Å²) in [6, 6.07) is 3.04. The number of carbonyl (C=O) groups is 1. The lowest BCUT2D eigenvalue weighted by molar-refractivity contribution is 0.0689. The number of aromatic nitrogens is 2. The molecule has 4 nitrogen and oxygen atoms in total. The summed E-state index contributed by atoms with van der Waals surface area (Å²) in [7, 11) is 0. The molecule has 0 amide bonds. The molecule has 5 heteroatoms. The zero-order chi connectivity index (χ0) is 13.3. The standard InChI is InChI=1S/C13H11FN2O2/c1-7-3-11(8(2)12(16-7)13(17)18)9-4-10(14)6-15-5-9/h3-6H,1-2H3,(H,17,18). The summed E-state index contributed by atoms with van der Waals surface area (Å²) < 4.78 is 13.1. The van der Waals surface area contributed by atoms with Gasteiger partial charge in [-0.2, -0.15) is 0 Å². The molecule has 2 rings (SSSR count). The molecule has 2 heterocycles. The second kappa shape index (κ2) is 4.52. The highest BCUT2D eigenvalue weighted by atomic mass is 19.1. The van der Waals surface area contributed by atoms with Crippen LogP contribution >= 0.6 is 0 Å². The molecule has 0 fully saturated rings. The fourth-order valence-electron chi connectivity index (χ4n) is 1.80. The first-order chi connectivity index (χ1) is 8.49. The molecule has 0 aliphatic heterocycles. The number of aromatic carboxylic acids is 1. The zero-order valence-electron chi connectivity index (χ0n) is 9.94. The first-order valence-electron chi connectivity index (χ1n) is 5.31. The van der Waals surface area contributed by atoms with Crippen molar-refractivity contribution < 1.29 is 14.3 Å². The lowest BCUT2D eigenvalue weighted by atomic mass is 10.0. The molecule has 0 aliphatic rings. The Morgan fingerprint density at radius 1 is 1.28 bits per heavy atom. The Labute approximate surface area is 103 Å². The van der Waals surface area contributed by atoms with Gasteiger partial charge in [0.1, 0.15) is 5.82 Å². The Morgan fingerprint density at radius 3 is 2.61 bits per heavy atom. The molecule has 0 saturated carbocycles. The minimum atomic E-state index is -1.10. The van der Waals surface area contributed by atoms with Crippen LogP contribution in [-0.4, -0.2) is 21.0 Å². The van der Waals surface area contributed by atoms with Crippen LogP contribution in [0, 0.1) is 19.7 Å². The van der Waals surface area contributed by atoms with Gasteiger partial charge < -0.3 is 5.11 Å². The number of carboxylic acids is 1. The van der Waals surface area contributed by atoms with E-state index in [9.17, 15) is 9.18 Å². The molecule has 18 heavy (non-hydrogen) atoms. The molecule has 2 aromatic rings. The molecule has 2 aromatic heterocycles. The smallest absolute Gasteiger partial charge is 0.354 e. The highest BCUT2D eigenvalue weighted by Crippen LogP contribution is 2.25. The van der Waals surface area contributed by atoms with Crippen LogP contribution in [0.4, 0.5) is 4.39 Å². The topological polar surface area (TPSA) is 63.1 Å². The summed E-state index contributed by atoms with van der Waals surface area (Å²) in [6.45, 7) is 3.35. The number of nitrogens with zero attached hydrogens (tertiary/aromatic N) is 2. The second-order valence-corrected chi connectivity index (χ2v) is 3.98. The third kappa shape index (κ3) is 2.20. The van der Waals surface area contributed by atoms with Crippen LogP contribution in [-0.2, 0) is 0 Å². The van der Waals surface area contributed by atoms with Crippen molar-refractivity contribution in [2.45, 2.75) is 13.8 Å².